The first-order valence-corrected chi connectivity index (χ1v) is 6.12. The van der Waals surface area contributed by atoms with E-state index in [0.717, 1.165) is 13.0 Å². The molecule has 1 aliphatic carbocycles. The lowest BCUT2D eigenvalue weighted by atomic mass is 10.0. The van der Waals surface area contributed by atoms with Crippen molar-refractivity contribution in [3.05, 3.63) is 33.3 Å². The van der Waals surface area contributed by atoms with Crippen LogP contribution >= 0.6 is 11.6 Å². The van der Waals surface area contributed by atoms with E-state index in [2.05, 4.69) is 12.2 Å². The largest absolute Gasteiger partial charge is 0.378 e. The Labute approximate surface area is 105 Å². The molecule has 1 aromatic rings. The molecule has 0 bridgehead atoms. The molecular weight excluding hydrogens is 240 g/mol. The Balaban J connectivity index is 2.17. The normalized spacial score (nSPS) is 16.6. The highest BCUT2D eigenvalue weighted by Gasteiger charge is 2.40. The van der Waals surface area contributed by atoms with Gasteiger partial charge in [0, 0.05) is 12.6 Å². The highest BCUT2D eigenvalue weighted by atomic mass is 35.5. The molecule has 1 fully saturated rings. The molecule has 17 heavy (non-hydrogen) atoms. The number of nitro benzene ring substituents is 1. The Kier molecular flexibility index (Phi) is 3.24. The van der Waals surface area contributed by atoms with Crippen molar-refractivity contribution in [1.29, 1.82) is 0 Å². The van der Waals surface area contributed by atoms with Gasteiger partial charge in [-0.25, -0.2) is 0 Å². The smallest absolute Gasteiger partial charge is 0.293 e. The van der Waals surface area contributed by atoms with Gasteiger partial charge in [0.1, 0.15) is 5.69 Å². The van der Waals surface area contributed by atoms with Crippen LogP contribution in [0.5, 0.6) is 0 Å². The lowest BCUT2D eigenvalue weighted by molar-refractivity contribution is -0.383. The number of nitrogens with zero attached hydrogens (tertiary/aromatic N) is 1. The van der Waals surface area contributed by atoms with E-state index in [1.807, 2.05) is 0 Å². The molecule has 0 radical (unpaired) electrons. The summed E-state index contributed by atoms with van der Waals surface area (Å²) in [5, 5.41) is 14.4. The Morgan fingerprint density at radius 3 is 2.76 bits per heavy atom. The molecule has 0 amide bonds. The van der Waals surface area contributed by atoms with Crippen molar-refractivity contribution in [1.82, 2.24) is 0 Å². The molecule has 0 aromatic heterocycles. The lowest BCUT2D eigenvalue weighted by Crippen LogP contribution is -2.15. The van der Waals surface area contributed by atoms with Crippen molar-refractivity contribution in [2.75, 3.05) is 11.9 Å². The number of nitro groups is 1. The van der Waals surface area contributed by atoms with Crippen LogP contribution in [0.3, 0.4) is 0 Å². The topological polar surface area (TPSA) is 55.2 Å². The summed E-state index contributed by atoms with van der Waals surface area (Å²) in [6.45, 7) is 2.91. The minimum absolute atomic E-state index is 0.0457. The van der Waals surface area contributed by atoms with Crippen LogP contribution in [0.2, 0.25) is 5.02 Å². The van der Waals surface area contributed by atoms with E-state index in [1.165, 1.54) is 18.9 Å². The summed E-state index contributed by atoms with van der Waals surface area (Å²) >= 11 is 6.00. The molecule has 0 saturated heterocycles. The fourth-order valence-electron chi connectivity index (χ4n) is 1.95. The zero-order valence-electron chi connectivity index (χ0n) is 9.70. The van der Waals surface area contributed by atoms with Crippen molar-refractivity contribution >= 4 is 23.0 Å². The summed E-state index contributed by atoms with van der Waals surface area (Å²) in [5.74, 6) is 0. The monoisotopic (exact) mass is 254 g/mol. The molecule has 92 valence electrons. The minimum Gasteiger partial charge on any atom is -0.378 e. The average Bonchev–Trinajstić information content (AvgIpc) is 3.08. The zero-order chi connectivity index (χ0) is 12.5. The van der Waals surface area contributed by atoms with Crippen molar-refractivity contribution in [3.63, 3.8) is 0 Å². The average molecular weight is 255 g/mol. The third kappa shape index (κ3) is 2.52. The number of rotatable bonds is 5. The van der Waals surface area contributed by atoms with Crippen LogP contribution in [-0.2, 0) is 0 Å². The number of hydrogen-bond acceptors (Lipinski definition) is 3. The van der Waals surface area contributed by atoms with E-state index in [1.54, 1.807) is 12.1 Å². The molecular formula is C12H15ClN2O2. The number of nitrogens with one attached hydrogen (secondary N) is 1. The van der Waals surface area contributed by atoms with Crippen LogP contribution < -0.4 is 5.32 Å². The summed E-state index contributed by atoms with van der Waals surface area (Å²) in [6.07, 6.45) is 3.47. The third-order valence-electron chi connectivity index (χ3n) is 3.54. The molecule has 0 spiro atoms. The fraction of sp³-hybridized carbons (Fsp3) is 0.500. The van der Waals surface area contributed by atoms with Gasteiger partial charge in [-0.1, -0.05) is 24.6 Å². The fourth-order valence-corrected chi connectivity index (χ4v) is 2.18. The number of halogens is 1. The van der Waals surface area contributed by atoms with Crippen molar-refractivity contribution < 1.29 is 4.92 Å². The predicted octanol–water partition coefficient (Wildman–Crippen LogP) is 3.85. The van der Waals surface area contributed by atoms with Gasteiger partial charge in [0.25, 0.3) is 5.69 Å². The molecule has 0 atom stereocenters. The van der Waals surface area contributed by atoms with Gasteiger partial charge in [0.05, 0.1) is 9.95 Å². The maximum absolute atomic E-state index is 10.9. The van der Waals surface area contributed by atoms with E-state index in [4.69, 9.17) is 11.6 Å². The van der Waals surface area contributed by atoms with Gasteiger partial charge >= 0.3 is 0 Å². The number of hydrogen-bond donors (Lipinski definition) is 1. The SMILES string of the molecule is CCC1(CNc2c(Cl)cccc2[N+](=O)[O-])CC1. The van der Waals surface area contributed by atoms with Gasteiger partial charge in [0.2, 0.25) is 0 Å². The van der Waals surface area contributed by atoms with Gasteiger partial charge in [-0.05, 0) is 30.7 Å². The highest BCUT2D eigenvalue weighted by molar-refractivity contribution is 6.33. The number of benzene rings is 1. The van der Waals surface area contributed by atoms with Gasteiger partial charge in [-0.3, -0.25) is 10.1 Å². The first-order chi connectivity index (χ1) is 8.08. The lowest BCUT2D eigenvalue weighted by Gasteiger charge is -2.15. The zero-order valence-corrected chi connectivity index (χ0v) is 10.5. The molecule has 1 aromatic carbocycles. The van der Waals surface area contributed by atoms with Crippen LogP contribution in [0.15, 0.2) is 18.2 Å². The van der Waals surface area contributed by atoms with Crippen LogP contribution in [0.25, 0.3) is 0 Å². The van der Waals surface area contributed by atoms with E-state index in [0.29, 0.717) is 16.1 Å². The van der Waals surface area contributed by atoms with Crippen molar-refractivity contribution in [2.24, 2.45) is 5.41 Å². The van der Waals surface area contributed by atoms with Crippen molar-refractivity contribution in [3.8, 4) is 0 Å². The van der Waals surface area contributed by atoms with Crippen LogP contribution in [0.1, 0.15) is 26.2 Å². The predicted molar refractivity (Wildman–Crippen MR) is 68.6 cm³/mol. The first kappa shape index (κ1) is 12.2. The summed E-state index contributed by atoms with van der Waals surface area (Å²) in [4.78, 5) is 10.5. The summed E-state index contributed by atoms with van der Waals surface area (Å²) in [6, 6.07) is 4.74. The number of para-hydroxylation sites is 1. The van der Waals surface area contributed by atoms with E-state index in [9.17, 15) is 10.1 Å². The molecule has 4 nitrogen and oxygen atoms in total. The minimum atomic E-state index is -0.403. The maximum Gasteiger partial charge on any atom is 0.293 e. The first-order valence-electron chi connectivity index (χ1n) is 5.75. The molecule has 0 unspecified atom stereocenters. The molecule has 0 heterocycles. The Morgan fingerprint density at radius 2 is 2.24 bits per heavy atom. The molecule has 5 heteroatoms. The third-order valence-corrected chi connectivity index (χ3v) is 3.85. The van der Waals surface area contributed by atoms with Crippen LogP contribution in [-0.4, -0.2) is 11.5 Å². The Morgan fingerprint density at radius 1 is 1.53 bits per heavy atom. The molecule has 1 saturated carbocycles. The van der Waals surface area contributed by atoms with Crippen LogP contribution in [0, 0.1) is 15.5 Å². The van der Waals surface area contributed by atoms with Crippen molar-refractivity contribution in [2.45, 2.75) is 26.2 Å². The molecule has 1 aliphatic rings. The number of anilines is 1. The highest BCUT2D eigenvalue weighted by Crippen LogP contribution is 2.49. The Hall–Kier alpha value is -1.29. The summed E-state index contributed by atoms with van der Waals surface area (Å²) in [5.41, 5.74) is 0.816. The second-order valence-electron chi connectivity index (χ2n) is 4.60. The van der Waals surface area contributed by atoms with Gasteiger partial charge < -0.3 is 5.32 Å². The van der Waals surface area contributed by atoms with Gasteiger partial charge in [-0.2, -0.15) is 0 Å². The molecule has 0 aliphatic heterocycles. The van der Waals surface area contributed by atoms with Gasteiger partial charge in [0.15, 0.2) is 0 Å². The van der Waals surface area contributed by atoms with E-state index < -0.39 is 4.92 Å². The quantitative estimate of drug-likeness (QED) is 0.641. The van der Waals surface area contributed by atoms with E-state index >= 15 is 0 Å². The second-order valence-corrected chi connectivity index (χ2v) is 5.01. The summed E-state index contributed by atoms with van der Waals surface area (Å²) in [7, 11) is 0. The maximum atomic E-state index is 10.9. The van der Waals surface area contributed by atoms with Crippen LogP contribution in [0.4, 0.5) is 11.4 Å². The summed E-state index contributed by atoms with van der Waals surface area (Å²) < 4.78 is 0. The molecule has 1 N–H and O–H groups in total. The standard InChI is InChI=1S/C12H15ClN2O2/c1-2-12(6-7-12)8-14-11-9(13)4-3-5-10(11)15(16)17/h3-5,14H,2,6-8H2,1H3. The molecule has 2 rings (SSSR count). The second kappa shape index (κ2) is 4.53. The van der Waals surface area contributed by atoms with Gasteiger partial charge in [-0.15, -0.1) is 0 Å². The van der Waals surface area contributed by atoms with E-state index in [-0.39, 0.29) is 5.69 Å². The Bertz CT molecular complexity index is 444.